The lowest BCUT2D eigenvalue weighted by Gasteiger charge is -2.35. The van der Waals surface area contributed by atoms with Crippen LogP contribution in [0.5, 0.6) is 0 Å². The molecule has 1 saturated heterocycles. The summed E-state index contributed by atoms with van der Waals surface area (Å²) in [5.74, 6) is 1.85. The number of aromatic nitrogens is 2. The van der Waals surface area contributed by atoms with E-state index in [1.807, 2.05) is 22.7 Å². The van der Waals surface area contributed by atoms with Crippen LogP contribution in [-0.2, 0) is 11.8 Å². The minimum atomic E-state index is -0.581. The molecule has 2 fully saturated rings. The predicted molar refractivity (Wildman–Crippen MR) is 84.0 cm³/mol. The third-order valence-electron chi connectivity index (χ3n) is 5.37. The third-order valence-corrected chi connectivity index (χ3v) is 5.37. The number of aliphatic hydroxyl groups is 1. The van der Waals surface area contributed by atoms with Gasteiger partial charge in [0, 0.05) is 44.9 Å². The van der Waals surface area contributed by atoms with Crippen molar-refractivity contribution in [2.24, 2.45) is 18.9 Å². The molecule has 1 aliphatic carbocycles. The van der Waals surface area contributed by atoms with Crippen molar-refractivity contribution in [3.8, 4) is 0 Å². The molecule has 1 aromatic rings. The highest BCUT2D eigenvalue weighted by Crippen LogP contribution is 2.32. The summed E-state index contributed by atoms with van der Waals surface area (Å²) >= 11 is 0. The Bertz CT molecular complexity index is 510. The Labute approximate surface area is 132 Å². The first-order valence-corrected chi connectivity index (χ1v) is 8.58. The second-order valence-corrected chi connectivity index (χ2v) is 6.92. The van der Waals surface area contributed by atoms with E-state index in [9.17, 15) is 9.90 Å². The molecule has 1 aliphatic heterocycles. The molecule has 1 N–H and O–H groups in total. The maximum absolute atomic E-state index is 12.4. The monoisotopic (exact) mass is 305 g/mol. The van der Waals surface area contributed by atoms with Gasteiger partial charge in [0.1, 0.15) is 11.9 Å². The van der Waals surface area contributed by atoms with Gasteiger partial charge in [-0.15, -0.1) is 0 Å². The van der Waals surface area contributed by atoms with E-state index in [1.54, 1.807) is 6.20 Å². The molecule has 1 saturated carbocycles. The Balaban J connectivity index is 1.54. The van der Waals surface area contributed by atoms with Crippen LogP contribution in [0.25, 0.3) is 0 Å². The van der Waals surface area contributed by atoms with Gasteiger partial charge in [-0.25, -0.2) is 4.98 Å². The predicted octanol–water partition coefficient (Wildman–Crippen LogP) is 2.27. The van der Waals surface area contributed by atoms with E-state index in [2.05, 4.69) is 4.98 Å². The third kappa shape index (κ3) is 3.35. The lowest BCUT2D eigenvalue weighted by Crippen LogP contribution is -2.42. The van der Waals surface area contributed by atoms with E-state index in [0.717, 1.165) is 31.7 Å². The molecule has 122 valence electrons. The summed E-state index contributed by atoms with van der Waals surface area (Å²) in [5.41, 5.74) is 0. The number of carbonyl (C=O) groups excluding carboxylic acids is 1. The van der Waals surface area contributed by atoms with E-state index in [1.165, 1.54) is 19.3 Å². The van der Waals surface area contributed by atoms with Crippen LogP contribution in [0.2, 0.25) is 0 Å². The SMILES string of the molecule is Cn1ccnc1C(O)C1CCCN(C(=O)CCC2CCC2)C1. The topological polar surface area (TPSA) is 58.4 Å². The summed E-state index contributed by atoms with van der Waals surface area (Å²) in [6.45, 7) is 1.50. The lowest BCUT2D eigenvalue weighted by molar-refractivity contribution is -0.134. The van der Waals surface area contributed by atoms with Crippen molar-refractivity contribution in [3.63, 3.8) is 0 Å². The van der Waals surface area contributed by atoms with E-state index in [0.29, 0.717) is 18.8 Å². The number of carbonyl (C=O) groups is 1. The van der Waals surface area contributed by atoms with Crippen molar-refractivity contribution in [1.82, 2.24) is 14.5 Å². The fourth-order valence-electron chi connectivity index (χ4n) is 3.63. The smallest absolute Gasteiger partial charge is 0.222 e. The van der Waals surface area contributed by atoms with Crippen LogP contribution in [0.3, 0.4) is 0 Å². The fourth-order valence-corrected chi connectivity index (χ4v) is 3.63. The van der Waals surface area contributed by atoms with Crippen LogP contribution in [0.15, 0.2) is 12.4 Å². The highest BCUT2D eigenvalue weighted by Gasteiger charge is 2.31. The molecule has 5 heteroatoms. The van der Waals surface area contributed by atoms with Crippen molar-refractivity contribution in [2.75, 3.05) is 13.1 Å². The quantitative estimate of drug-likeness (QED) is 0.908. The van der Waals surface area contributed by atoms with Crippen LogP contribution in [-0.4, -0.2) is 38.6 Å². The molecule has 22 heavy (non-hydrogen) atoms. The Morgan fingerprint density at radius 2 is 2.23 bits per heavy atom. The number of hydrogen-bond acceptors (Lipinski definition) is 3. The van der Waals surface area contributed by atoms with Crippen LogP contribution in [0, 0.1) is 11.8 Å². The minimum absolute atomic E-state index is 0.0995. The van der Waals surface area contributed by atoms with Gasteiger partial charge in [-0.1, -0.05) is 19.3 Å². The highest BCUT2D eigenvalue weighted by atomic mass is 16.3. The van der Waals surface area contributed by atoms with Gasteiger partial charge in [0.15, 0.2) is 0 Å². The zero-order chi connectivity index (χ0) is 15.5. The van der Waals surface area contributed by atoms with Gasteiger partial charge in [-0.3, -0.25) is 4.79 Å². The second-order valence-electron chi connectivity index (χ2n) is 6.92. The number of nitrogens with zero attached hydrogens (tertiary/aromatic N) is 3. The number of hydrogen-bond donors (Lipinski definition) is 1. The van der Waals surface area contributed by atoms with E-state index < -0.39 is 6.10 Å². The Morgan fingerprint density at radius 3 is 2.86 bits per heavy atom. The molecule has 2 aliphatic rings. The standard InChI is InChI=1S/C17H27N3O2/c1-19-11-9-18-17(19)16(22)14-6-3-10-20(12-14)15(21)8-7-13-4-2-5-13/h9,11,13-14,16,22H,2-8,10,12H2,1H3. The molecule has 0 aromatic carbocycles. The summed E-state index contributed by atoms with van der Waals surface area (Å²) in [7, 11) is 1.90. The first-order chi connectivity index (χ1) is 10.6. The highest BCUT2D eigenvalue weighted by molar-refractivity contribution is 5.76. The van der Waals surface area contributed by atoms with Gasteiger partial charge in [-0.05, 0) is 25.2 Å². The van der Waals surface area contributed by atoms with Crippen LogP contribution < -0.4 is 0 Å². The maximum Gasteiger partial charge on any atom is 0.222 e. The van der Waals surface area contributed by atoms with E-state index in [4.69, 9.17) is 0 Å². The zero-order valence-corrected chi connectivity index (χ0v) is 13.4. The zero-order valence-electron chi connectivity index (χ0n) is 13.4. The summed E-state index contributed by atoms with van der Waals surface area (Å²) in [6, 6.07) is 0. The Hall–Kier alpha value is -1.36. The summed E-state index contributed by atoms with van der Waals surface area (Å²) in [6.07, 6.45) is 10.6. The van der Waals surface area contributed by atoms with Gasteiger partial charge in [-0.2, -0.15) is 0 Å². The molecule has 0 spiro atoms. The molecule has 1 amide bonds. The molecule has 2 atom stereocenters. The number of amides is 1. The fraction of sp³-hybridized carbons (Fsp3) is 0.765. The second kappa shape index (κ2) is 6.82. The van der Waals surface area contributed by atoms with E-state index >= 15 is 0 Å². The number of piperidine rings is 1. The number of aryl methyl sites for hydroxylation is 1. The first-order valence-electron chi connectivity index (χ1n) is 8.58. The first kappa shape index (κ1) is 15.5. The van der Waals surface area contributed by atoms with Crippen molar-refractivity contribution >= 4 is 5.91 Å². The van der Waals surface area contributed by atoms with Crippen molar-refractivity contribution in [2.45, 2.75) is 51.0 Å². The number of likely N-dealkylation sites (tertiary alicyclic amines) is 1. The van der Waals surface area contributed by atoms with Crippen LogP contribution in [0.4, 0.5) is 0 Å². The van der Waals surface area contributed by atoms with Crippen LogP contribution >= 0.6 is 0 Å². The van der Waals surface area contributed by atoms with Crippen LogP contribution in [0.1, 0.15) is 56.9 Å². The molecular formula is C17H27N3O2. The molecule has 2 unspecified atom stereocenters. The molecule has 3 rings (SSSR count). The van der Waals surface area contributed by atoms with Gasteiger partial charge >= 0.3 is 0 Å². The van der Waals surface area contributed by atoms with Gasteiger partial charge in [0.2, 0.25) is 5.91 Å². The van der Waals surface area contributed by atoms with E-state index in [-0.39, 0.29) is 11.8 Å². The number of aliphatic hydroxyl groups excluding tert-OH is 1. The molecule has 2 heterocycles. The summed E-state index contributed by atoms with van der Waals surface area (Å²) in [4.78, 5) is 18.6. The Morgan fingerprint density at radius 1 is 1.41 bits per heavy atom. The van der Waals surface area contributed by atoms with Crippen molar-refractivity contribution in [3.05, 3.63) is 18.2 Å². The molecular weight excluding hydrogens is 278 g/mol. The largest absolute Gasteiger partial charge is 0.385 e. The van der Waals surface area contributed by atoms with Gasteiger partial charge < -0.3 is 14.6 Å². The minimum Gasteiger partial charge on any atom is -0.385 e. The van der Waals surface area contributed by atoms with Crippen molar-refractivity contribution in [1.29, 1.82) is 0 Å². The van der Waals surface area contributed by atoms with Crippen molar-refractivity contribution < 1.29 is 9.90 Å². The summed E-state index contributed by atoms with van der Waals surface area (Å²) in [5, 5.41) is 10.6. The molecule has 0 radical (unpaired) electrons. The average Bonchev–Trinajstić information content (AvgIpc) is 2.91. The van der Waals surface area contributed by atoms with Gasteiger partial charge in [0.25, 0.3) is 0 Å². The number of rotatable bonds is 5. The molecule has 0 bridgehead atoms. The molecule has 1 aromatic heterocycles. The average molecular weight is 305 g/mol. The number of imidazole rings is 1. The van der Waals surface area contributed by atoms with Gasteiger partial charge in [0.05, 0.1) is 0 Å². The molecule has 5 nitrogen and oxygen atoms in total. The normalized spacial score (nSPS) is 24.1. The maximum atomic E-state index is 12.4. The summed E-state index contributed by atoms with van der Waals surface area (Å²) < 4.78 is 1.86. The Kier molecular flexibility index (Phi) is 4.81. The lowest BCUT2D eigenvalue weighted by atomic mass is 9.82.